The van der Waals surface area contributed by atoms with Gasteiger partial charge in [0.15, 0.2) is 0 Å². The second-order valence-electron chi connectivity index (χ2n) is 6.66. The number of aliphatic carboxylic acids is 2. The Balaban J connectivity index is 2.42. The highest BCUT2D eigenvalue weighted by Gasteiger charge is 2.36. The predicted octanol–water partition coefficient (Wildman–Crippen LogP) is 4.15. The van der Waals surface area contributed by atoms with Gasteiger partial charge >= 0.3 is 11.9 Å². The van der Waals surface area contributed by atoms with Crippen LogP contribution in [0.1, 0.15) is 48.4 Å². The van der Waals surface area contributed by atoms with Crippen LogP contribution in [0.2, 0.25) is 0 Å². The Morgan fingerprint density at radius 3 is 2.52 bits per heavy atom. The lowest BCUT2D eigenvalue weighted by Crippen LogP contribution is -2.30. The van der Waals surface area contributed by atoms with E-state index in [9.17, 15) is 19.8 Å². The van der Waals surface area contributed by atoms with Crippen LogP contribution in [0.25, 0.3) is 0 Å². The van der Waals surface area contributed by atoms with Crippen molar-refractivity contribution in [3.05, 3.63) is 44.7 Å². The molecule has 1 unspecified atom stereocenters. The van der Waals surface area contributed by atoms with Crippen molar-refractivity contribution in [3.8, 4) is 0 Å². The molecular weight excluding hydrogens is 312 g/mol. The van der Waals surface area contributed by atoms with Gasteiger partial charge in [-0.3, -0.25) is 4.79 Å². The molecule has 2 rings (SSSR count). The molecular formula is C18H22O4S. The molecule has 1 aromatic heterocycles. The Bertz CT molecular complexity index is 709. The zero-order valence-corrected chi connectivity index (χ0v) is 14.7. The maximum Gasteiger partial charge on any atom is 0.331 e. The van der Waals surface area contributed by atoms with Crippen molar-refractivity contribution in [1.82, 2.24) is 0 Å². The van der Waals surface area contributed by atoms with Crippen LogP contribution in [0.3, 0.4) is 0 Å². The third-order valence-electron chi connectivity index (χ3n) is 4.14. The van der Waals surface area contributed by atoms with E-state index in [0.29, 0.717) is 12.3 Å². The van der Waals surface area contributed by atoms with Gasteiger partial charge in [0.25, 0.3) is 0 Å². The monoisotopic (exact) mass is 334 g/mol. The summed E-state index contributed by atoms with van der Waals surface area (Å²) in [5.41, 5.74) is 1.01. The van der Waals surface area contributed by atoms with Gasteiger partial charge in [0.05, 0.1) is 5.41 Å². The van der Waals surface area contributed by atoms with E-state index in [-0.39, 0.29) is 12.0 Å². The molecule has 2 N–H and O–H groups in total. The molecule has 0 spiro atoms. The van der Waals surface area contributed by atoms with Gasteiger partial charge in [0.2, 0.25) is 0 Å². The second-order valence-corrected chi connectivity index (χ2v) is 8.00. The lowest BCUT2D eigenvalue weighted by Gasteiger charge is -2.26. The van der Waals surface area contributed by atoms with Gasteiger partial charge in [-0.2, -0.15) is 0 Å². The highest BCUT2D eigenvalue weighted by molar-refractivity contribution is 7.12. The van der Waals surface area contributed by atoms with Crippen LogP contribution in [-0.4, -0.2) is 22.2 Å². The van der Waals surface area contributed by atoms with Crippen molar-refractivity contribution < 1.29 is 19.8 Å². The van der Waals surface area contributed by atoms with E-state index in [1.165, 1.54) is 15.3 Å². The molecule has 1 aliphatic rings. The summed E-state index contributed by atoms with van der Waals surface area (Å²) in [5, 5.41) is 18.8. The van der Waals surface area contributed by atoms with Crippen molar-refractivity contribution in [2.75, 3.05) is 0 Å². The Morgan fingerprint density at radius 2 is 2.00 bits per heavy atom. The molecule has 5 heteroatoms. The summed E-state index contributed by atoms with van der Waals surface area (Å²) in [6.07, 6.45) is 3.93. The maximum absolute atomic E-state index is 11.6. The van der Waals surface area contributed by atoms with Gasteiger partial charge < -0.3 is 10.2 Å². The second kappa shape index (κ2) is 6.32. The molecule has 1 atom stereocenters. The summed E-state index contributed by atoms with van der Waals surface area (Å²) in [6, 6.07) is 2.16. The number of thiophene rings is 1. The highest BCUT2D eigenvalue weighted by Crippen LogP contribution is 2.37. The van der Waals surface area contributed by atoms with Gasteiger partial charge in [-0.15, -0.1) is 11.3 Å². The summed E-state index contributed by atoms with van der Waals surface area (Å²) in [4.78, 5) is 25.3. The van der Waals surface area contributed by atoms with Crippen LogP contribution in [0.5, 0.6) is 0 Å². The number of rotatable bonds is 5. The number of aryl methyl sites for hydroxylation is 1. The average Bonchev–Trinajstić information content (AvgIpc) is 2.79. The largest absolute Gasteiger partial charge is 0.481 e. The molecule has 0 fully saturated rings. The molecule has 23 heavy (non-hydrogen) atoms. The summed E-state index contributed by atoms with van der Waals surface area (Å²) >= 11 is 1.69. The van der Waals surface area contributed by atoms with Gasteiger partial charge in [-0.1, -0.05) is 19.9 Å². The molecule has 0 bridgehead atoms. The van der Waals surface area contributed by atoms with Crippen LogP contribution in [-0.2, 0) is 16.0 Å². The van der Waals surface area contributed by atoms with Gasteiger partial charge in [0, 0.05) is 21.7 Å². The predicted molar refractivity (Wildman–Crippen MR) is 91.0 cm³/mol. The third-order valence-corrected chi connectivity index (χ3v) is 5.20. The molecule has 0 radical (unpaired) electrons. The van der Waals surface area contributed by atoms with Crippen molar-refractivity contribution in [2.45, 2.75) is 46.5 Å². The molecule has 0 aliphatic heterocycles. The van der Waals surface area contributed by atoms with Crippen LogP contribution in [0.4, 0.5) is 0 Å². The molecule has 1 heterocycles. The first-order chi connectivity index (χ1) is 10.6. The molecule has 1 aromatic rings. The maximum atomic E-state index is 11.6. The fourth-order valence-corrected chi connectivity index (χ4v) is 4.17. The summed E-state index contributed by atoms with van der Waals surface area (Å²) < 4.78 is 0. The Morgan fingerprint density at radius 1 is 1.35 bits per heavy atom. The normalized spacial score (nSPS) is 21.1. The van der Waals surface area contributed by atoms with Crippen molar-refractivity contribution in [2.24, 2.45) is 5.41 Å². The van der Waals surface area contributed by atoms with E-state index < -0.39 is 17.4 Å². The quantitative estimate of drug-likeness (QED) is 0.848. The number of carboxylic acids is 2. The van der Waals surface area contributed by atoms with E-state index in [4.69, 9.17) is 0 Å². The van der Waals surface area contributed by atoms with Crippen LogP contribution in [0, 0.1) is 12.3 Å². The Hall–Kier alpha value is -1.88. The van der Waals surface area contributed by atoms with Crippen molar-refractivity contribution >= 4 is 23.3 Å². The van der Waals surface area contributed by atoms with E-state index >= 15 is 0 Å². The van der Waals surface area contributed by atoms with Crippen molar-refractivity contribution in [1.29, 1.82) is 0 Å². The Kier molecular flexibility index (Phi) is 4.80. The lowest BCUT2D eigenvalue weighted by molar-refractivity contribution is -0.145. The average molecular weight is 334 g/mol. The minimum Gasteiger partial charge on any atom is -0.481 e. The fourth-order valence-electron chi connectivity index (χ4n) is 2.94. The van der Waals surface area contributed by atoms with Crippen LogP contribution in [0.15, 0.2) is 29.4 Å². The van der Waals surface area contributed by atoms with E-state index in [1.807, 2.05) is 0 Å². The number of hydrogen-bond donors (Lipinski definition) is 2. The molecule has 4 nitrogen and oxygen atoms in total. The van der Waals surface area contributed by atoms with E-state index in [1.54, 1.807) is 30.4 Å². The zero-order chi connectivity index (χ0) is 17.4. The summed E-state index contributed by atoms with van der Waals surface area (Å²) in [6.45, 7) is 7.88. The third kappa shape index (κ3) is 3.72. The van der Waals surface area contributed by atoms with Gasteiger partial charge in [-0.25, -0.2) is 4.79 Å². The lowest BCUT2D eigenvalue weighted by atomic mass is 9.77. The highest BCUT2D eigenvalue weighted by atomic mass is 32.1. The minimum atomic E-state index is -1.16. The number of carboxylic acid groups (broad SMARTS) is 2. The summed E-state index contributed by atoms with van der Waals surface area (Å²) in [7, 11) is 0. The fraction of sp³-hybridized carbons (Fsp3) is 0.444. The molecule has 0 saturated carbocycles. The standard InChI is InChI=1S/C18H22O4S/c1-10(2)14-5-11(3)23-15(14)7-12-6-13(16(19)20)9-18(4,8-12)17(21)22/h5-6,8,10H,7,9H2,1-4H3,(H,19,20)(H,21,22). The first-order valence-electron chi connectivity index (χ1n) is 7.60. The minimum absolute atomic E-state index is 0.0155. The molecule has 0 amide bonds. The molecule has 1 aliphatic carbocycles. The van der Waals surface area contributed by atoms with Crippen molar-refractivity contribution in [3.63, 3.8) is 0 Å². The van der Waals surface area contributed by atoms with Gasteiger partial charge in [-0.05, 0) is 49.5 Å². The zero-order valence-electron chi connectivity index (χ0n) is 13.8. The number of hydrogen-bond acceptors (Lipinski definition) is 3. The first kappa shape index (κ1) is 17.5. The molecule has 124 valence electrons. The van der Waals surface area contributed by atoms with Gasteiger partial charge in [0.1, 0.15) is 0 Å². The molecule has 0 saturated heterocycles. The summed E-state index contributed by atoms with van der Waals surface area (Å²) in [5.74, 6) is -1.66. The van der Waals surface area contributed by atoms with E-state index in [0.717, 1.165) is 5.57 Å². The first-order valence-corrected chi connectivity index (χ1v) is 8.42. The smallest absolute Gasteiger partial charge is 0.331 e. The SMILES string of the molecule is Cc1cc(C(C)C)c(CC2=CC(C)(C(=O)O)CC(C(=O)O)=C2)s1. The topological polar surface area (TPSA) is 74.6 Å². The van der Waals surface area contributed by atoms with E-state index in [2.05, 4.69) is 26.8 Å². The Labute approximate surface area is 140 Å². The number of carbonyl (C=O) groups is 2. The number of allylic oxidation sites excluding steroid dienone is 2. The van der Waals surface area contributed by atoms with Crippen LogP contribution < -0.4 is 0 Å². The van der Waals surface area contributed by atoms with Crippen LogP contribution >= 0.6 is 11.3 Å². The molecule has 0 aromatic carbocycles.